The summed E-state index contributed by atoms with van der Waals surface area (Å²) in [5.41, 5.74) is 0. The molecule has 3 atom stereocenters. The largest absolute Gasteiger partial charge is 0.353 e. The Labute approximate surface area is 115 Å². The van der Waals surface area contributed by atoms with E-state index in [0.717, 1.165) is 18.8 Å². The molecule has 0 saturated carbocycles. The molecular formula is C12H25ClN2OS. The maximum Gasteiger partial charge on any atom is 0.223 e. The first-order valence-corrected chi connectivity index (χ1v) is 7.54. The van der Waals surface area contributed by atoms with Gasteiger partial charge in [-0.25, -0.2) is 0 Å². The van der Waals surface area contributed by atoms with Crippen molar-refractivity contribution in [1.82, 2.24) is 10.6 Å². The van der Waals surface area contributed by atoms with Crippen LogP contribution in [-0.2, 0) is 4.79 Å². The van der Waals surface area contributed by atoms with Crippen LogP contribution >= 0.6 is 24.2 Å². The smallest absolute Gasteiger partial charge is 0.223 e. The monoisotopic (exact) mass is 280 g/mol. The van der Waals surface area contributed by atoms with E-state index in [1.165, 1.54) is 12.8 Å². The third-order valence-electron chi connectivity index (χ3n) is 3.28. The summed E-state index contributed by atoms with van der Waals surface area (Å²) < 4.78 is 0. The number of carbonyl (C=O) groups excluding carboxylic acids is 1. The number of hydrogen-bond donors (Lipinski definition) is 2. The lowest BCUT2D eigenvalue weighted by Crippen LogP contribution is -2.46. The summed E-state index contributed by atoms with van der Waals surface area (Å²) >= 11 is 1.73. The number of hydrogen-bond acceptors (Lipinski definition) is 3. The molecule has 0 bridgehead atoms. The highest BCUT2D eigenvalue weighted by molar-refractivity contribution is 7.98. The summed E-state index contributed by atoms with van der Waals surface area (Å²) in [5, 5.41) is 6.53. The number of carbonyl (C=O) groups is 1. The molecule has 0 aromatic rings. The molecule has 5 heteroatoms. The highest BCUT2D eigenvalue weighted by atomic mass is 35.5. The van der Waals surface area contributed by atoms with Gasteiger partial charge in [0.1, 0.15) is 0 Å². The lowest BCUT2D eigenvalue weighted by atomic mass is 9.92. The lowest BCUT2D eigenvalue weighted by molar-refractivity contribution is -0.124. The Bertz CT molecular complexity index is 223. The van der Waals surface area contributed by atoms with Gasteiger partial charge >= 0.3 is 0 Å². The fourth-order valence-electron chi connectivity index (χ4n) is 2.12. The second-order valence-electron chi connectivity index (χ2n) is 4.76. The number of amides is 1. The van der Waals surface area contributed by atoms with Gasteiger partial charge in [0.05, 0.1) is 0 Å². The van der Waals surface area contributed by atoms with Gasteiger partial charge in [-0.2, -0.15) is 11.8 Å². The average Bonchev–Trinajstić information content (AvgIpc) is 2.30. The van der Waals surface area contributed by atoms with E-state index in [2.05, 4.69) is 17.6 Å². The van der Waals surface area contributed by atoms with Crippen LogP contribution in [0.25, 0.3) is 0 Å². The zero-order valence-corrected chi connectivity index (χ0v) is 12.6. The van der Waals surface area contributed by atoms with Crippen LogP contribution in [0.2, 0.25) is 0 Å². The van der Waals surface area contributed by atoms with E-state index >= 15 is 0 Å². The topological polar surface area (TPSA) is 41.1 Å². The number of halogens is 1. The van der Waals surface area contributed by atoms with Crippen molar-refractivity contribution >= 4 is 30.1 Å². The molecule has 1 aliphatic rings. The zero-order chi connectivity index (χ0) is 12.0. The first-order valence-electron chi connectivity index (χ1n) is 6.15. The van der Waals surface area contributed by atoms with Crippen molar-refractivity contribution in [3.63, 3.8) is 0 Å². The average molecular weight is 281 g/mol. The molecule has 1 amide bonds. The van der Waals surface area contributed by atoms with E-state index in [0.29, 0.717) is 12.0 Å². The van der Waals surface area contributed by atoms with Crippen LogP contribution < -0.4 is 10.6 Å². The minimum atomic E-state index is 0. The summed E-state index contributed by atoms with van der Waals surface area (Å²) in [7, 11) is 0. The van der Waals surface area contributed by atoms with Crippen LogP contribution in [0.15, 0.2) is 0 Å². The molecule has 3 nitrogen and oxygen atoms in total. The van der Waals surface area contributed by atoms with Crippen LogP contribution in [0.3, 0.4) is 0 Å². The Balaban J connectivity index is 0.00000256. The minimum Gasteiger partial charge on any atom is -0.353 e. The quantitative estimate of drug-likeness (QED) is 0.808. The summed E-state index contributed by atoms with van der Waals surface area (Å²) in [6, 6.07) is 0.296. The van der Waals surface area contributed by atoms with Gasteiger partial charge in [-0.3, -0.25) is 4.79 Å². The predicted molar refractivity (Wildman–Crippen MR) is 78.0 cm³/mol. The highest BCUT2D eigenvalue weighted by Crippen LogP contribution is 2.15. The third kappa shape index (κ3) is 5.98. The maximum absolute atomic E-state index is 11.8. The van der Waals surface area contributed by atoms with Crippen molar-refractivity contribution in [2.24, 2.45) is 11.8 Å². The molecule has 17 heavy (non-hydrogen) atoms. The molecule has 1 aliphatic heterocycles. The molecule has 1 fully saturated rings. The van der Waals surface area contributed by atoms with Gasteiger partial charge in [0.15, 0.2) is 0 Å². The van der Waals surface area contributed by atoms with Crippen LogP contribution in [0.1, 0.15) is 26.7 Å². The van der Waals surface area contributed by atoms with Crippen molar-refractivity contribution in [3.05, 3.63) is 0 Å². The third-order valence-corrected chi connectivity index (χ3v) is 4.11. The summed E-state index contributed by atoms with van der Waals surface area (Å²) in [4.78, 5) is 11.8. The molecule has 1 heterocycles. The Hall–Kier alpha value is 0.0700. The van der Waals surface area contributed by atoms with Crippen molar-refractivity contribution in [3.8, 4) is 0 Å². The summed E-state index contributed by atoms with van der Waals surface area (Å²) in [6.07, 6.45) is 4.49. The molecule has 0 aromatic carbocycles. The van der Waals surface area contributed by atoms with Crippen molar-refractivity contribution < 1.29 is 4.79 Å². The van der Waals surface area contributed by atoms with Crippen LogP contribution in [0.5, 0.6) is 0 Å². The Morgan fingerprint density at radius 1 is 1.53 bits per heavy atom. The molecule has 3 unspecified atom stereocenters. The van der Waals surface area contributed by atoms with Gasteiger partial charge in [0.25, 0.3) is 0 Å². The SMILES string of the molecule is CSCC(C)C(=O)NC(C)C1CCCNC1.Cl. The number of nitrogens with one attached hydrogen (secondary N) is 2. The Morgan fingerprint density at radius 2 is 2.24 bits per heavy atom. The molecule has 2 N–H and O–H groups in total. The van der Waals surface area contributed by atoms with Gasteiger partial charge in [0, 0.05) is 17.7 Å². The molecule has 0 spiro atoms. The minimum absolute atomic E-state index is 0. The highest BCUT2D eigenvalue weighted by Gasteiger charge is 2.22. The number of thioether (sulfide) groups is 1. The maximum atomic E-state index is 11.8. The van der Waals surface area contributed by atoms with Gasteiger partial charge in [0.2, 0.25) is 5.91 Å². The van der Waals surface area contributed by atoms with Gasteiger partial charge in [-0.05, 0) is 45.0 Å². The van der Waals surface area contributed by atoms with Crippen molar-refractivity contribution in [2.75, 3.05) is 25.1 Å². The summed E-state index contributed by atoms with van der Waals surface area (Å²) in [5.74, 6) is 1.82. The molecule has 0 aliphatic carbocycles. The first kappa shape index (κ1) is 17.1. The van der Waals surface area contributed by atoms with Crippen LogP contribution in [-0.4, -0.2) is 37.0 Å². The first-order chi connectivity index (χ1) is 7.65. The molecule has 0 aromatic heterocycles. The molecule has 1 saturated heterocycles. The number of rotatable bonds is 5. The van der Waals surface area contributed by atoms with E-state index in [9.17, 15) is 4.79 Å². The van der Waals surface area contributed by atoms with Crippen molar-refractivity contribution in [2.45, 2.75) is 32.7 Å². The zero-order valence-electron chi connectivity index (χ0n) is 11.0. The predicted octanol–water partition coefficient (Wildman–Crippen LogP) is 1.91. The van der Waals surface area contributed by atoms with Crippen LogP contribution in [0.4, 0.5) is 0 Å². The van der Waals surface area contributed by atoms with Crippen molar-refractivity contribution in [1.29, 1.82) is 0 Å². The normalized spacial score (nSPS) is 23.4. The Morgan fingerprint density at radius 3 is 2.76 bits per heavy atom. The Kier molecular flexibility index (Phi) is 9.10. The van der Waals surface area contributed by atoms with E-state index in [4.69, 9.17) is 0 Å². The van der Waals surface area contributed by atoms with E-state index in [1.807, 2.05) is 13.2 Å². The fourth-order valence-corrected chi connectivity index (χ4v) is 2.77. The fraction of sp³-hybridized carbons (Fsp3) is 0.917. The van der Waals surface area contributed by atoms with Gasteiger partial charge in [-0.15, -0.1) is 12.4 Å². The molecule has 1 rings (SSSR count). The lowest BCUT2D eigenvalue weighted by Gasteiger charge is -2.29. The summed E-state index contributed by atoms with van der Waals surface area (Å²) in [6.45, 7) is 6.29. The standard InChI is InChI=1S/C12H24N2OS.ClH/c1-9(8-16-3)12(15)14-10(2)11-5-4-6-13-7-11;/h9-11,13H,4-8H2,1-3H3,(H,14,15);1H. The van der Waals surface area contributed by atoms with Gasteiger partial charge < -0.3 is 10.6 Å². The number of piperidine rings is 1. The van der Waals surface area contributed by atoms with Crippen LogP contribution in [0, 0.1) is 11.8 Å². The van der Waals surface area contributed by atoms with E-state index < -0.39 is 0 Å². The molecule has 0 radical (unpaired) electrons. The molecule has 102 valence electrons. The second-order valence-corrected chi connectivity index (χ2v) is 5.67. The van der Waals surface area contributed by atoms with E-state index in [1.54, 1.807) is 11.8 Å². The van der Waals surface area contributed by atoms with E-state index in [-0.39, 0.29) is 24.2 Å². The van der Waals surface area contributed by atoms with Gasteiger partial charge in [-0.1, -0.05) is 6.92 Å². The second kappa shape index (κ2) is 9.06. The molecular weight excluding hydrogens is 256 g/mol.